The molecule has 0 amide bonds. The maximum Gasteiger partial charge on any atom is 0.0351 e. The molecular formula is C16H34Cl3N. The van der Waals surface area contributed by atoms with Gasteiger partial charge >= 0.3 is 0 Å². The molecule has 0 aromatic heterocycles. The predicted octanol–water partition coefficient (Wildman–Crippen LogP) is 6.11. The zero-order chi connectivity index (χ0) is 14.2. The summed E-state index contributed by atoms with van der Waals surface area (Å²) < 4.78 is 0. The zero-order valence-electron chi connectivity index (χ0n) is 13.2. The van der Waals surface area contributed by atoms with Crippen LogP contribution in [0, 0.1) is 0 Å². The summed E-state index contributed by atoms with van der Waals surface area (Å²) in [6.45, 7) is 5.39. The van der Waals surface area contributed by atoms with Crippen LogP contribution in [-0.2, 0) is 0 Å². The highest BCUT2D eigenvalue weighted by molar-refractivity contribution is 6.18. The van der Waals surface area contributed by atoms with E-state index < -0.39 is 0 Å². The van der Waals surface area contributed by atoms with Crippen molar-refractivity contribution in [3.05, 3.63) is 0 Å². The minimum absolute atomic E-state index is 0. The number of unbranched alkanes of at least 4 members (excludes halogenated alkanes) is 9. The molecule has 1 nitrogen and oxygen atoms in total. The molecule has 0 fully saturated rings. The van der Waals surface area contributed by atoms with Gasteiger partial charge in [0.25, 0.3) is 0 Å². The van der Waals surface area contributed by atoms with Crippen LogP contribution in [0.4, 0.5) is 0 Å². The minimum Gasteiger partial charge on any atom is -0.301 e. The molecule has 4 heteroatoms. The van der Waals surface area contributed by atoms with E-state index in [4.69, 9.17) is 23.2 Å². The third kappa shape index (κ3) is 16.9. The molecule has 0 radical (unpaired) electrons. The van der Waals surface area contributed by atoms with Crippen LogP contribution in [0.2, 0.25) is 0 Å². The number of nitrogens with zero attached hydrogens (tertiary/aromatic N) is 1. The van der Waals surface area contributed by atoms with Gasteiger partial charge in [0.2, 0.25) is 0 Å². The largest absolute Gasteiger partial charge is 0.301 e. The van der Waals surface area contributed by atoms with Crippen LogP contribution < -0.4 is 0 Å². The van der Waals surface area contributed by atoms with E-state index in [0.717, 1.165) is 19.6 Å². The Hall–Kier alpha value is 0.830. The standard InChI is InChI=1S/C16H33Cl2N.ClH/c1-2-3-4-5-6-7-8-9-10-11-14-19(15-12-17)16-13-18;/h2-16H2,1H3;1H. The summed E-state index contributed by atoms with van der Waals surface area (Å²) in [7, 11) is 0. The van der Waals surface area contributed by atoms with Crippen molar-refractivity contribution in [2.45, 2.75) is 71.1 Å². The first-order chi connectivity index (χ1) is 9.35. The summed E-state index contributed by atoms with van der Waals surface area (Å²) in [6, 6.07) is 0. The van der Waals surface area contributed by atoms with Crippen LogP contribution in [-0.4, -0.2) is 36.3 Å². The summed E-state index contributed by atoms with van der Waals surface area (Å²) in [5.41, 5.74) is 0. The molecular weight excluding hydrogens is 313 g/mol. The molecule has 0 aliphatic carbocycles. The second kappa shape index (κ2) is 19.8. The Morgan fingerprint density at radius 3 is 1.40 bits per heavy atom. The van der Waals surface area contributed by atoms with Crippen LogP contribution >= 0.6 is 35.6 Å². The molecule has 0 spiro atoms. The van der Waals surface area contributed by atoms with Crippen molar-refractivity contribution in [1.29, 1.82) is 0 Å². The molecule has 0 N–H and O–H groups in total. The molecule has 0 bridgehead atoms. The third-order valence-electron chi connectivity index (χ3n) is 3.63. The minimum atomic E-state index is 0. The Labute approximate surface area is 143 Å². The van der Waals surface area contributed by atoms with Gasteiger partial charge in [0.05, 0.1) is 0 Å². The van der Waals surface area contributed by atoms with Gasteiger partial charge in [-0.2, -0.15) is 0 Å². The lowest BCUT2D eigenvalue weighted by Crippen LogP contribution is -2.28. The Kier molecular flexibility index (Phi) is 22.9. The second-order valence-corrected chi connectivity index (χ2v) is 6.16. The van der Waals surface area contributed by atoms with E-state index in [1.165, 1.54) is 64.2 Å². The van der Waals surface area contributed by atoms with E-state index in [2.05, 4.69) is 11.8 Å². The maximum absolute atomic E-state index is 5.78. The van der Waals surface area contributed by atoms with Crippen LogP contribution in [0.25, 0.3) is 0 Å². The Morgan fingerprint density at radius 2 is 1.00 bits per heavy atom. The van der Waals surface area contributed by atoms with Crippen LogP contribution in [0.5, 0.6) is 0 Å². The first-order valence-electron chi connectivity index (χ1n) is 8.19. The Bertz CT molecular complexity index is 162. The highest BCUT2D eigenvalue weighted by atomic mass is 35.5. The van der Waals surface area contributed by atoms with Crippen LogP contribution in [0.1, 0.15) is 71.1 Å². The summed E-state index contributed by atoms with van der Waals surface area (Å²) in [5, 5.41) is 0. The van der Waals surface area contributed by atoms with Gasteiger partial charge in [-0.05, 0) is 13.0 Å². The summed E-state index contributed by atoms with van der Waals surface area (Å²) in [4.78, 5) is 2.38. The molecule has 0 aliphatic rings. The molecule has 0 saturated heterocycles. The van der Waals surface area contributed by atoms with Crippen LogP contribution in [0.15, 0.2) is 0 Å². The number of halogens is 3. The van der Waals surface area contributed by atoms with Crippen molar-refractivity contribution >= 4 is 35.6 Å². The van der Waals surface area contributed by atoms with Crippen molar-refractivity contribution in [2.24, 2.45) is 0 Å². The van der Waals surface area contributed by atoms with Gasteiger partial charge in [0.15, 0.2) is 0 Å². The molecule has 0 aliphatic heterocycles. The normalized spacial score (nSPS) is 10.8. The van der Waals surface area contributed by atoms with Gasteiger partial charge in [-0.25, -0.2) is 0 Å². The monoisotopic (exact) mass is 345 g/mol. The predicted molar refractivity (Wildman–Crippen MR) is 97.0 cm³/mol. The molecule has 0 atom stereocenters. The van der Waals surface area contributed by atoms with Crippen molar-refractivity contribution in [1.82, 2.24) is 4.90 Å². The first-order valence-corrected chi connectivity index (χ1v) is 9.26. The third-order valence-corrected chi connectivity index (χ3v) is 3.97. The van der Waals surface area contributed by atoms with Crippen molar-refractivity contribution in [3.63, 3.8) is 0 Å². The summed E-state index contributed by atoms with van der Waals surface area (Å²) in [6.07, 6.45) is 14.0. The highest BCUT2D eigenvalue weighted by Gasteiger charge is 2.02. The molecule has 124 valence electrons. The first kappa shape index (κ1) is 23.1. The lowest BCUT2D eigenvalue weighted by molar-refractivity contribution is 0.298. The van der Waals surface area contributed by atoms with Gasteiger partial charge < -0.3 is 4.90 Å². The van der Waals surface area contributed by atoms with Gasteiger partial charge in [-0.3, -0.25) is 0 Å². The topological polar surface area (TPSA) is 3.24 Å². The van der Waals surface area contributed by atoms with E-state index >= 15 is 0 Å². The molecule has 0 rings (SSSR count). The van der Waals surface area contributed by atoms with Gasteiger partial charge in [0.1, 0.15) is 0 Å². The number of hydrogen-bond donors (Lipinski definition) is 0. The molecule has 0 saturated carbocycles. The van der Waals surface area contributed by atoms with Crippen molar-refractivity contribution in [2.75, 3.05) is 31.4 Å². The summed E-state index contributed by atoms with van der Waals surface area (Å²) >= 11 is 11.6. The highest BCUT2D eigenvalue weighted by Crippen LogP contribution is 2.10. The van der Waals surface area contributed by atoms with Gasteiger partial charge in [0, 0.05) is 24.8 Å². The number of rotatable bonds is 15. The molecule has 0 heterocycles. The van der Waals surface area contributed by atoms with Gasteiger partial charge in [-0.15, -0.1) is 35.6 Å². The van der Waals surface area contributed by atoms with Crippen LogP contribution in [0.3, 0.4) is 0 Å². The van der Waals surface area contributed by atoms with Crippen molar-refractivity contribution < 1.29 is 0 Å². The second-order valence-electron chi connectivity index (χ2n) is 5.40. The van der Waals surface area contributed by atoms with Crippen molar-refractivity contribution in [3.8, 4) is 0 Å². The fourth-order valence-corrected chi connectivity index (χ4v) is 2.88. The molecule has 0 aromatic carbocycles. The Balaban J connectivity index is 0. The SMILES string of the molecule is CCCCCCCCCCCCN(CCCl)CCCl.Cl. The van der Waals surface area contributed by atoms with E-state index in [1.54, 1.807) is 0 Å². The number of alkyl halides is 2. The maximum atomic E-state index is 5.78. The Morgan fingerprint density at radius 1 is 0.600 bits per heavy atom. The number of hydrogen-bond acceptors (Lipinski definition) is 1. The quantitative estimate of drug-likeness (QED) is 0.255. The fourth-order valence-electron chi connectivity index (χ4n) is 2.40. The zero-order valence-corrected chi connectivity index (χ0v) is 15.5. The van der Waals surface area contributed by atoms with E-state index in [-0.39, 0.29) is 12.4 Å². The molecule has 0 aromatic rings. The lowest BCUT2D eigenvalue weighted by atomic mass is 10.1. The molecule has 20 heavy (non-hydrogen) atoms. The average molecular weight is 347 g/mol. The average Bonchev–Trinajstić information content (AvgIpc) is 2.41. The summed E-state index contributed by atoms with van der Waals surface area (Å²) in [5.74, 6) is 1.43. The molecule has 0 unspecified atom stereocenters. The fraction of sp³-hybridized carbons (Fsp3) is 1.00. The van der Waals surface area contributed by atoms with E-state index in [1.807, 2.05) is 0 Å². The smallest absolute Gasteiger partial charge is 0.0351 e. The van der Waals surface area contributed by atoms with E-state index in [9.17, 15) is 0 Å². The lowest BCUT2D eigenvalue weighted by Gasteiger charge is -2.19. The van der Waals surface area contributed by atoms with Gasteiger partial charge in [-0.1, -0.05) is 64.7 Å². The van der Waals surface area contributed by atoms with E-state index in [0.29, 0.717) is 11.8 Å².